The Labute approximate surface area is 178 Å². The Hall–Kier alpha value is -3.59. The number of benzene rings is 2. The molecule has 2 heterocycles. The molecular weight excluding hydrogens is 419 g/mol. The molecule has 158 valence electrons. The summed E-state index contributed by atoms with van der Waals surface area (Å²) in [4.78, 5) is 16.7. The van der Waals surface area contributed by atoms with Crippen LogP contribution in [0.4, 0.5) is 4.39 Å². The summed E-state index contributed by atoms with van der Waals surface area (Å²) in [6.45, 7) is 3.31. The van der Waals surface area contributed by atoms with E-state index in [1.165, 1.54) is 37.4 Å². The van der Waals surface area contributed by atoms with Crippen LogP contribution in [-0.2, 0) is 16.4 Å². The molecule has 0 aliphatic carbocycles. The van der Waals surface area contributed by atoms with Gasteiger partial charge in [0.1, 0.15) is 5.82 Å². The van der Waals surface area contributed by atoms with Crippen LogP contribution in [0, 0.1) is 19.7 Å². The van der Waals surface area contributed by atoms with Crippen LogP contribution >= 0.6 is 0 Å². The van der Waals surface area contributed by atoms with E-state index in [0.717, 1.165) is 10.9 Å². The van der Waals surface area contributed by atoms with Crippen LogP contribution in [0.3, 0.4) is 0 Å². The third kappa shape index (κ3) is 4.04. The van der Waals surface area contributed by atoms with Crippen LogP contribution in [0.2, 0.25) is 0 Å². The fourth-order valence-electron chi connectivity index (χ4n) is 3.20. The Morgan fingerprint density at radius 3 is 2.55 bits per heavy atom. The van der Waals surface area contributed by atoms with Gasteiger partial charge in [-0.25, -0.2) is 17.8 Å². The molecule has 4 rings (SSSR count). The Balaban J connectivity index is 1.49. The van der Waals surface area contributed by atoms with Gasteiger partial charge in [0.15, 0.2) is 5.65 Å². The predicted octanol–water partition coefficient (Wildman–Crippen LogP) is 3.48. The summed E-state index contributed by atoms with van der Waals surface area (Å²) in [7, 11) is -3.79. The number of nitrogens with zero attached hydrogens (tertiary/aromatic N) is 2. The van der Waals surface area contributed by atoms with Crippen molar-refractivity contribution in [3.05, 3.63) is 82.9 Å². The summed E-state index contributed by atoms with van der Waals surface area (Å²) in [6, 6.07) is 10.5. The van der Waals surface area contributed by atoms with Gasteiger partial charge >= 0.3 is 0 Å². The lowest BCUT2D eigenvalue weighted by molar-refractivity contribution is 0.0950. The van der Waals surface area contributed by atoms with Crippen LogP contribution in [0.15, 0.2) is 64.6 Å². The Kier molecular flexibility index (Phi) is 5.28. The number of aromatic amines is 1. The highest BCUT2D eigenvalue weighted by Crippen LogP contribution is 2.26. The van der Waals surface area contributed by atoms with Gasteiger partial charge < -0.3 is 5.32 Å². The van der Waals surface area contributed by atoms with E-state index in [0.29, 0.717) is 16.8 Å². The normalized spacial score (nSPS) is 11.6. The number of H-pyrrole nitrogens is 1. The minimum absolute atomic E-state index is 0.0783. The molecule has 0 saturated heterocycles. The average molecular weight is 438 g/mol. The fraction of sp³-hybridized carbons (Fsp3) is 0.136. The van der Waals surface area contributed by atoms with E-state index in [4.69, 9.17) is 0 Å². The first-order valence-corrected chi connectivity index (χ1v) is 10.9. The minimum Gasteiger partial charge on any atom is -0.348 e. The molecule has 0 atom stereocenters. The number of fused-ring (bicyclic) bond motifs is 1. The van der Waals surface area contributed by atoms with Gasteiger partial charge in [-0.05, 0) is 60.9 Å². The van der Waals surface area contributed by atoms with E-state index in [1.54, 1.807) is 31.3 Å². The van der Waals surface area contributed by atoms with E-state index in [-0.39, 0.29) is 27.8 Å². The van der Waals surface area contributed by atoms with Crippen LogP contribution in [0.1, 0.15) is 27.0 Å². The maximum Gasteiger partial charge on any atom is 0.253 e. The van der Waals surface area contributed by atoms with Gasteiger partial charge in [0.05, 0.1) is 21.6 Å². The molecule has 0 spiro atoms. The molecule has 2 N–H and O–H groups in total. The maximum absolute atomic E-state index is 13.7. The zero-order chi connectivity index (χ0) is 22.2. The Morgan fingerprint density at radius 2 is 1.81 bits per heavy atom. The number of nitrogens with one attached hydrogen (secondary N) is 2. The average Bonchev–Trinajstić information content (AvgIpc) is 3.22. The van der Waals surface area contributed by atoms with Gasteiger partial charge in [0, 0.05) is 18.1 Å². The number of rotatable bonds is 5. The number of hydrogen-bond donors (Lipinski definition) is 2. The van der Waals surface area contributed by atoms with Gasteiger partial charge in [-0.3, -0.25) is 9.89 Å². The number of aromatic nitrogens is 3. The second-order valence-corrected chi connectivity index (χ2v) is 9.15. The third-order valence-electron chi connectivity index (χ3n) is 4.99. The van der Waals surface area contributed by atoms with E-state index < -0.39 is 15.7 Å². The third-order valence-corrected chi connectivity index (χ3v) is 6.90. The molecule has 0 fully saturated rings. The molecule has 7 nitrogen and oxygen atoms in total. The second kappa shape index (κ2) is 7.92. The molecule has 0 aliphatic heterocycles. The van der Waals surface area contributed by atoms with Crippen LogP contribution < -0.4 is 5.32 Å². The molecule has 0 saturated carbocycles. The Morgan fingerprint density at radius 1 is 1.06 bits per heavy atom. The van der Waals surface area contributed by atoms with Crippen molar-refractivity contribution in [3.63, 3.8) is 0 Å². The molecule has 2 aromatic carbocycles. The zero-order valence-electron chi connectivity index (χ0n) is 16.8. The highest BCUT2D eigenvalue weighted by Gasteiger charge is 2.21. The summed E-state index contributed by atoms with van der Waals surface area (Å²) in [5.74, 6) is -0.741. The van der Waals surface area contributed by atoms with Crippen LogP contribution in [-0.4, -0.2) is 29.5 Å². The van der Waals surface area contributed by atoms with Gasteiger partial charge in [0.25, 0.3) is 5.91 Å². The van der Waals surface area contributed by atoms with Gasteiger partial charge in [-0.2, -0.15) is 5.10 Å². The lowest BCUT2D eigenvalue weighted by Crippen LogP contribution is -2.22. The smallest absolute Gasteiger partial charge is 0.253 e. The number of pyridine rings is 1. The SMILES string of the molecule is Cc1cc(S(=O)(=O)c2ccc(CNC(=O)c3cnc4[nH]ncc4c3)cc2)c(C)cc1F. The minimum atomic E-state index is -3.79. The fourth-order valence-corrected chi connectivity index (χ4v) is 4.77. The molecule has 0 bridgehead atoms. The van der Waals surface area contributed by atoms with Crippen molar-refractivity contribution in [2.24, 2.45) is 0 Å². The molecule has 0 aliphatic rings. The monoisotopic (exact) mass is 438 g/mol. The van der Waals surface area contributed by atoms with Crippen molar-refractivity contribution in [1.82, 2.24) is 20.5 Å². The molecule has 4 aromatic rings. The maximum atomic E-state index is 13.7. The summed E-state index contributed by atoms with van der Waals surface area (Å²) >= 11 is 0. The summed E-state index contributed by atoms with van der Waals surface area (Å²) in [5, 5.41) is 10.1. The molecule has 0 unspecified atom stereocenters. The number of aryl methyl sites for hydroxylation is 2. The zero-order valence-corrected chi connectivity index (χ0v) is 17.6. The van der Waals surface area contributed by atoms with Crippen molar-refractivity contribution < 1.29 is 17.6 Å². The molecule has 9 heteroatoms. The second-order valence-electron chi connectivity index (χ2n) is 7.23. The summed E-state index contributed by atoms with van der Waals surface area (Å²) < 4.78 is 39.6. The molecular formula is C22H19FN4O3S. The van der Waals surface area contributed by atoms with Crippen molar-refractivity contribution in [2.75, 3.05) is 0 Å². The topological polar surface area (TPSA) is 105 Å². The van der Waals surface area contributed by atoms with Crippen molar-refractivity contribution in [1.29, 1.82) is 0 Å². The predicted molar refractivity (Wildman–Crippen MR) is 113 cm³/mol. The standard InChI is InChI=1S/C22H19FN4O3S/c1-13-8-20(14(2)7-19(13)23)31(29,30)18-5-3-15(4-6-18)10-25-22(28)17-9-16-12-26-27-21(16)24-11-17/h3-9,11-12H,10H2,1-2H3,(H,25,28)(H,24,26,27). The van der Waals surface area contributed by atoms with E-state index in [1.807, 2.05) is 0 Å². The quantitative estimate of drug-likeness (QED) is 0.464. The highest BCUT2D eigenvalue weighted by molar-refractivity contribution is 7.91. The van der Waals surface area contributed by atoms with E-state index in [2.05, 4.69) is 20.5 Å². The van der Waals surface area contributed by atoms with Gasteiger partial charge in [-0.15, -0.1) is 0 Å². The van der Waals surface area contributed by atoms with Crippen molar-refractivity contribution >= 4 is 26.8 Å². The number of hydrogen-bond acceptors (Lipinski definition) is 5. The molecule has 2 aromatic heterocycles. The first-order chi connectivity index (χ1) is 14.8. The number of carbonyl (C=O) groups excluding carboxylic acids is 1. The van der Waals surface area contributed by atoms with E-state index in [9.17, 15) is 17.6 Å². The lowest BCUT2D eigenvalue weighted by atomic mass is 10.1. The van der Waals surface area contributed by atoms with Crippen LogP contribution in [0.25, 0.3) is 11.0 Å². The van der Waals surface area contributed by atoms with Crippen molar-refractivity contribution in [2.45, 2.75) is 30.2 Å². The lowest BCUT2D eigenvalue weighted by Gasteiger charge is -2.11. The van der Waals surface area contributed by atoms with E-state index >= 15 is 0 Å². The molecule has 1 amide bonds. The first kappa shape index (κ1) is 20.7. The molecule has 0 radical (unpaired) electrons. The number of halogens is 1. The number of carbonyl (C=O) groups is 1. The number of amides is 1. The highest BCUT2D eigenvalue weighted by atomic mass is 32.2. The summed E-state index contributed by atoms with van der Waals surface area (Å²) in [5.41, 5.74) is 2.35. The van der Waals surface area contributed by atoms with Gasteiger partial charge in [-0.1, -0.05) is 12.1 Å². The first-order valence-electron chi connectivity index (χ1n) is 9.44. The molecule has 31 heavy (non-hydrogen) atoms. The summed E-state index contributed by atoms with van der Waals surface area (Å²) in [6.07, 6.45) is 3.04. The number of sulfone groups is 1. The Bertz CT molecular complexity index is 1400. The van der Waals surface area contributed by atoms with Crippen molar-refractivity contribution in [3.8, 4) is 0 Å². The van der Waals surface area contributed by atoms with Gasteiger partial charge in [0.2, 0.25) is 9.84 Å². The largest absolute Gasteiger partial charge is 0.348 e. The van der Waals surface area contributed by atoms with Crippen LogP contribution in [0.5, 0.6) is 0 Å².